The van der Waals surface area contributed by atoms with Gasteiger partial charge in [-0.2, -0.15) is 0 Å². The van der Waals surface area contributed by atoms with Crippen molar-refractivity contribution in [2.24, 2.45) is 0 Å². The highest BCUT2D eigenvalue weighted by molar-refractivity contribution is 9.11. The van der Waals surface area contributed by atoms with Crippen LogP contribution >= 0.6 is 31.9 Å². The number of aryl methyl sites for hydroxylation is 1. The molecule has 0 N–H and O–H groups in total. The van der Waals surface area contributed by atoms with Gasteiger partial charge in [-0.15, -0.1) is 0 Å². The smallest absolute Gasteiger partial charge is 0.349 e. The van der Waals surface area contributed by atoms with Crippen molar-refractivity contribution >= 4 is 54.4 Å². The summed E-state index contributed by atoms with van der Waals surface area (Å²) in [5.41, 5.74) is 2.37. The minimum absolute atomic E-state index is 0.0725. The van der Waals surface area contributed by atoms with Crippen LogP contribution in [-0.2, 0) is 6.42 Å². The van der Waals surface area contributed by atoms with Gasteiger partial charge in [0.25, 0.3) is 5.91 Å². The van der Waals surface area contributed by atoms with E-state index in [0.29, 0.717) is 28.5 Å². The van der Waals surface area contributed by atoms with Crippen molar-refractivity contribution in [3.63, 3.8) is 0 Å². The van der Waals surface area contributed by atoms with E-state index < -0.39 is 5.63 Å². The Morgan fingerprint density at radius 1 is 1.03 bits per heavy atom. The molecule has 0 radical (unpaired) electrons. The van der Waals surface area contributed by atoms with E-state index in [9.17, 15) is 9.59 Å². The topological polar surface area (TPSA) is 53.8 Å². The first kappa shape index (κ1) is 20.2. The summed E-state index contributed by atoms with van der Waals surface area (Å²) in [6.45, 7) is 4.72. The van der Waals surface area contributed by atoms with E-state index in [4.69, 9.17) is 4.42 Å². The van der Waals surface area contributed by atoms with Gasteiger partial charge >= 0.3 is 5.63 Å². The molecule has 1 saturated heterocycles. The number of anilines is 1. The van der Waals surface area contributed by atoms with E-state index in [0.717, 1.165) is 29.7 Å². The third kappa shape index (κ3) is 4.12. The molecule has 3 aromatic rings. The van der Waals surface area contributed by atoms with Gasteiger partial charge in [-0.3, -0.25) is 4.79 Å². The number of fused-ring (bicyclic) bond motifs is 1. The van der Waals surface area contributed by atoms with Gasteiger partial charge in [0.15, 0.2) is 5.58 Å². The van der Waals surface area contributed by atoms with E-state index in [-0.39, 0.29) is 11.5 Å². The normalized spacial score (nSPS) is 14.4. The maximum Gasteiger partial charge on any atom is 0.349 e. The van der Waals surface area contributed by atoms with Gasteiger partial charge in [0.1, 0.15) is 5.56 Å². The first-order chi connectivity index (χ1) is 14.0. The molecule has 0 saturated carbocycles. The van der Waals surface area contributed by atoms with Gasteiger partial charge in [0.2, 0.25) is 0 Å². The van der Waals surface area contributed by atoms with E-state index in [2.05, 4.69) is 67.9 Å². The van der Waals surface area contributed by atoms with Gasteiger partial charge < -0.3 is 14.2 Å². The Labute approximate surface area is 185 Å². The first-order valence-corrected chi connectivity index (χ1v) is 11.1. The Bertz CT molecular complexity index is 1120. The summed E-state index contributed by atoms with van der Waals surface area (Å²) < 4.78 is 6.93. The fourth-order valence-corrected chi connectivity index (χ4v) is 4.93. The molecule has 1 aromatic heterocycles. The van der Waals surface area contributed by atoms with E-state index in [1.807, 2.05) is 6.07 Å². The minimum atomic E-state index is -0.608. The molecule has 29 heavy (non-hydrogen) atoms. The molecule has 4 rings (SSSR count). The van der Waals surface area contributed by atoms with Crippen LogP contribution in [0.4, 0.5) is 5.69 Å². The van der Waals surface area contributed by atoms with Crippen molar-refractivity contribution in [2.75, 3.05) is 31.1 Å². The molecular weight excluding hydrogens is 500 g/mol. The fraction of sp³-hybridized carbons (Fsp3) is 0.273. The summed E-state index contributed by atoms with van der Waals surface area (Å²) in [4.78, 5) is 29.4. The highest BCUT2D eigenvalue weighted by Crippen LogP contribution is 2.28. The summed E-state index contributed by atoms with van der Waals surface area (Å²) in [5.74, 6) is -0.280. The van der Waals surface area contributed by atoms with Crippen LogP contribution in [0.5, 0.6) is 0 Å². The number of nitrogens with zero attached hydrogens (tertiary/aromatic N) is 2. The molecule has 1 aliphatic heterocycles. The summed E-state index contributed by atoms with van der Waals surface area (Å²) in [5, 5.41) is 0.698. The van der Waals surface area contributed by atoms with Crippen molar-refractivity contribution in [3.05, 3.63) is 73.0 Å². The van der Waals surface area contributed by atoms with E-state index in [1.54, 1.807) is 17.0 Å². The third-order valence-corrected chi connectivity index (χ3v) is 6.31. The lowest BCUT2D eigenvalue weighted by Gasteiger charge is -2.36. The average molecular weight is 520 g/mol. The number of hydrogen-bond donors (Lipinski definition) is 0. The number of carbonyl (C=O) groups is 1. The molecule has 0 spiro atoms. The van der Waals surface area contributed by atoms with Crippen LogP contribution in [0.2, 0.25) is 0 Å². The molecule has 0 unspecified atom stereocenters. The van der Waals surface area contributed by atoms with Crippen molar-refractivity contribution in [1.29, 1.82) is 0 Å². The van der Waals surface area contributed by atoms with Gasteiger partial charge in [-0.25, -0.2) is 4.79 Å². The summed E-state index contributed by atoms with van der Waals surface area (Å²) in [6.07, 6.45) is 1.02. The quantitative estimate of drug-likeness (QED) is 0.464. The number of hydrogen-bond acceptors (Lipinski definition) is 4. The van der Waals surface area contributed by atoms with Crippen molar-refractivity contribution in [2.45, 2.75) is 13.3 Å². The second-order valence-corrected chi connectivity index (χ2v) is 8.82. The van der Waals surface area contributed by atoms with Crippen LogP contribution in [0.15, 0.2) is 60.6 Å². The Hall–Kier alpha value is -2.12. The number of carbonyl (C=O) groups excluding carboxylic acids is 1. The molecule has 7 heteroatoms. The van der Waals surface area contributed by atoms with Crippen LogP contribution in [0, 0.1) is 0 Å². The van der Waals surface area contributed by atoms with Gasteiger partial charge in [-0.05, 0) is 58.2 Å². The number of piperazine rings is 1. The molecule has 0 aliphatic carbocycles. The maximum atomic E-state index is 13.0. The lowest BCUT2D eigenvalue weighted by molar-refractivity contribution is 0.0742. The Kier molecular flexibility index (Phi) is 5.79. The standard InChI is InChI=1S/C22H20Br2N2O3/c1-2-14-3-5-17(6-4-14)25-7-9-26(10-8-25)21(27)18-12-15-11-16(23)13-19(24)20(15)29-22(18)28/h3-6,11-13H,2,7-10H2,1H3. The predicted octanol–water partition coefficient (Wildman–Crippen LogP) is 4.84. The van der Waals surface area contributed by atoms with E-state index >= 15 is 0 Å². The Morgan fingerprint density at radius 2 is 1.72 bits per heavy atom. The van der Waals surface area contributed by atoms with Crippen molar-refractivity contribution in [1.82, 2.24) is 4.90 Å². The Morgan fingerprint density at radius 3 is 2.38 bits per heavy atom. The number of amides is 1. The zero-order valence-electron chi connectivity index (χ0n) is 16.0. The molecule has 150 valence electrons. The van der Waals surface area contributed by atoms with Crippen LogP contribution in [-0.4, -0.2) is 37.0 Å². The van der Waals surface area contributed by atoms with Crippen molar-refractivity contribution < 1.29 is 9.21 Å². The van der Waals surface area contributed by atoms with Crippen molar-refractivity contribution in [3.8, 4) is 0 Å². The van der Waals surface area contributed by atoms with E-state index in [1.165, 1.54) is 5.56 Å². The van der Waals surface area contributed by atoms with Gasteiger partial charge in [0, 0.05) is 41.7 Å². The predicted molar refractivity (Wildman–Crippen MR) is 122 cm³/mol. The number of benzene rings is 2. The van der Waals surface area contributed by atoms with Gasteiger partial charge in [0.05, 0.1) is 4.47 Å². The van der Waals surface area contributed by atoms with Crippen LogP contribution in [0.1, 0.15) is 22.8 Å². The minimum Gasteiger partial charge on any atom is -0.421 e. The highest BCUT2D eigenvalue weighted by atomic mass is 79.9. The zero-order valence-corrected chi connectivity index (χ0v) is 19.1. The van der Waals surface area contributed by atoms with Crippen LogP contribution in [0.25, 0.3) is 11.0 Å². The monoisotopic (exact) mass is 518 g/mol. The second-order valence-electron chi connectivity index (χ2n) is 7.05. The molecular formula is C22H20Br2N2O3. The summed E-state index contributed by atoms with van der Waals surface area (Å²) in [7, 11) is 0. The molecule has 5 nitrogen and oxygen atoms in total. The molecule has 0 atom stereocenters. The lowest BCUT2D eigenvalue weighted by Crippen LogP contribution is -2.49. The zero-order chi connectivity index (χ0) is 20.5. The number of halogens is 2. The lowest BCUT2D eigenvalue weighted by atomic mass is 10.1. The molecule has 1 amide bonds. The second kappa shape index (κ2) is 8.32. The maximum absolute atomic E-state index is 13.0. The van der Waals surface area contributed by atoms with Gasteiger partial charge in [-0.1, -0.05) is 35.0 Å². The molecule has 2 aromatic carbocycles. The third-order valence-electron chi connectivity index (χ3n) is 5.26. The molecule has 1 aliphatic rings. The van der Waals surface area contributed by atoms with Crippen LogP contribution in [0.3, 0.4) is 0 Å². The Balaban J connectivity index is 1.52. The first-order valence-electron chi connectivity index (χ1n) is 9.52. The average Bonchev–Trinajstić information content (AvgIpc) is 2.73. The molecule has 2 heterocycles. The summed E-state index contributed by atoms with van der Waals surface area (Å²) in [6, 6.07) is 13.8. The number of rotatable bonds is 3. The largest absolute Gasteiger partial charge is 0.421 e. The highest BCUT2D eigenvalue weighted by Gasteiger charge is 2.25. The fourth-order valence-electron chi connectivity index (χ4n) is 3.59. The SMILES string of the molecule is CCc1ccc(N2CCN(C(=O)c3cc4cc(Br)cc(Br)c4oc3=O)CC2)cc1. The molecule has 0 bridgehead atoms. The molecule has 1 fully saturated rings. The van der Waals surface area contributed by atoms with Crippen LogP contribution < -0.4 is 10.5 Å². The summed E-state index contributed by atoms with van der Waals surface area (Å²) >= 11 is 6.82.